The van der Waals surface area contributed by atoms with Gasteiger partial charge < -0.3 is 15.5 Å². The van der Waals surface area contributed by atoms with Gasteiger partial charge in [-0.2, -0.15) is 0 Å². The van der Waals surface area contributed by atoms with Crippen LogP contribution in [0.25, 0.3) is 0 Å². The number of nitrogens with zero attached hydrogens (tertiary/aromatic N) is 1. The maximum Gasteiger partial charge on any atom is 0.239 e. The quantitative estimate of drug-likeness (QED) is 0.745. The van der Waals surface area contributed by atoms with Gasteiger partial charge in [-0.25, -0.2) is 0 Å². The predicted molar refractivity (Wildman–Crippen MR) is 71.1 cm³/mol. The van der Waals surface area contributed by atoms with E-state index in [4.69, 9.17) is 0 Å². The number of piperidine rings is 1. The molecule has 5 nitrogen and oxygen atoms in total. The van der Waals surface area contributed by atoms with Crippen molar-refractivity contribution < 1.29 is 9.59 Å². The topological polar surface area (TPSA) is 61.4 Å². The van der Waals surface area contributed by atoms with Crippen LogP contribution in [0.15, 0.2) is 0 Å². The molecule has 2 atom stereocenters. The maximum absolute atomic E-state index is 12.3. The largest absolute Gasteiger partial charge is 0.355 e. The zero-order valence-electron chi connectivity index (χ0n) is 11.7. The molecular formula is C13H25N3O2. The standard InChI is InChI=1S/C13H25N3O2/c1-4-14-12(17)9-16(5-2)13(18)11-7-6-10(3)15-8-11/h10-11,15H,4-9H2,1-3H3,(H,14,17). The van der Waals surface area contributed by atoms with Crippen LogP contribution in [-0.2, 0) is 9.59 Å². The van der Waals surface area contributed by atoms with Crippen LogP contribution in [0.1, 0.15) is 33.6 Å². The number of hydrogen-bond acceptors (Lipinski definition) is 3. The van der Waals surface area contributed by atoms with Gasteiger partial charge in [0, 0.05) is 25.7 Å². The van der Waals surface area contributed by atoms with E-state index >= 15 is 0 Å². The van der Waals surface area contributed by atoms with Crippen LogP contribution in [-0.4, -0.2) is 48.9 Å². The van der Waals surface area contributed by atoms with Crippen LogP contribution in [0, 0.1) is 5.92 Å². The minimum absolute atomic E-state index is 0.0237. The zero-order valence-corrected chi connectivity index (χ0v) is 11.7. The Morgan fingerprint density at radius 1 is 1.33 bits per heavy atom. The van der Waals surface area contributed by atoms with Crippen molar-refractivity contribution in [3.05, 3.63) is 0 Å². The first-order valence-corrected chi connectivity index (χ1v) is 6.87. The molecule has 1 saturated heterocycles. The fraction of sp³-hybridized carbons (Fsp3) is 0.846. The smallest absolute Gasteiger partial charge is 0.239 e. The number of likely N-dealkylation sites (N-methyl/N-ethyl adjacent to an activating group) is 2. The lowest BCUT2D eigenvalue weighted by atomic mass is 9.94. The van der Waals surface area contributed by atoms with Crippen LogP contribution in [0.4, 0.5) is 0 Å². The van der Waals surface area contributed by atoms with Crippen molar-refractivity contribution in [2.24, 2.45) is 5.92 Å². The first kappa shape index (κ1) is 15.0. The third-order valence-corrected chi connectivity index (χ3v) is 3.41. The van der Waals surface area contributed by atoms with Gasteiger partial charge in [0.25, 0.3) is 0 Å². The molecule has 104 valence electrons. The number of rotatable bonds is 5. The highest BCUT2D eigenvalue weighted by molar-refractivity contribution is 5.86. The average molecular weight is 255 g/mol. The number of carbonyl (C=O) groups excluding carboxylic acids is 2. The molecule has 0 saturated carbocycles. The molecule has 1 heterocycles. The Morgan fingerprint density at radius 3 is 2.56 bits per heavy atom. The van der Waals surface area contributed by atoms with E-state index in [-0.39, 0.29) is 24.3 Å². The van der Waals surface area contributed by atoms with Crippen molar-refractivity contribution >= 4 is 11.8 Å². The average Bonchev–Trinajstić information content (AvgIpc) is 2.36. The van der Waals surface area contributed by atoms with Crippen LogP contribution in [0.3, 0.4) is 0 Å². The zero-order chi connectivity index (χ0) is 13.5. The molecule has 1 aliphatic heterocycles. The maximum atomic E-state index is 12.3. The van der Waals surface area contributed by atoms with Crippen molar-refractivity contribution in [1.82, 2.24) is 15.5 Å². The predicted octanol–water partition coefficient (Wildman–Crippen LogP) is 0.359. The minimum Gasteiger partial charge on any atom is -0.355 e. The molecule has 0 spiro atoms. The summed E-state index contributed by atoms with van der Waals surface area (Å²) >= 11 is 0. The Kier molecular flexibility index (Phi) is 6.12. The van der Waals surface area contributed by atoms with Gasteiger partial charge >= 0.3 is 0 Å². The molecule has 1 fully saturated rings. The van der Waals surface area contributed by atoms with Gasteiger partial charge in [0.05, 0.1) is 12.5 Å². The molecule has 2 N–H and O–H groups in total. The summed E-state index contributed by atoms with van der Waals surface area (Å²) in [5, 5.41) is 6.05. The van der Waals surface area contributed by atoms with Crippen molar-refractivity contribution in [3.63, 3.8) is 0 Å². The summed E-state index contributed by atoms with van der Waals surface area (Å²) in [7, 11) is 0. The van der Waals surface area contributed by atoms with E-state index in [1.54, 1.807) is 4.90 Å². The Balaban J connectivity index is 2.48. The third kappa shape index (κ3) is 4.29. The number of nitrogens with one attached hydrogen (secondary N) is 2. The van der Waals surface area contributed by atoms with Crippen LogP contribution in [0.2, 0.25) is 0 Å². The molecule has 18 heavy (non-hydrogen) atoms. The Hall–Kier alpha value is -1.10. The molecule has 1 rings (SSSR count). The van der Waals surface area contributed by atoms with E-state index in [0.717, 1.165) is 19.4 Å². The second-order valence-electron chi connectivity index (χ2n) is 4.89. The molecule has 0 aromatic rings. The van der Waals surface area contributed by atoms with Gasteiger partial charge in [-0.15, -0.1) is 0 Å². The van der Waals surface area contributed by atoms with E-state index in [0.29, 0.717) is 19.1 Å². The molecule has 0 aromatic carbocycles. The van der Waals surface area contributed by atoms with Crippen LogP contribution < -0.4 is 10.6 Å². The van der Waals surface area contributed by atoms with Gasteiger partial charge in [-0.3, -0.25) is 9.59 Å². The SMILES string of the molecule is CCNC(=O)CN(CC)C(=O)C1CCC(C)NC1. The molecule has 2 unspecified atom stereocenters. The van der Waals surface area contributed by atoms with Crippen molar-refractivity contribution in [1.29, 1.82) is 0 Å². The van der Waals surface area contributed by atoms with E-state index in [1.807, 2.05) is 13.8 Å². The Morgan fingerprint density at radius 2 is 2.06 bits per heavy atom. The second-order valence-corrected chi connectivity index (χ2v) is 4.89. The van der Waals surface area contributed by atoms with E-state index in [2.05, 4.69) is 17.6 Å². The molecule has 0 bridgehead atoms. The lowest BCUT2D eigenvalue weighted by Gasteiger charge is -2.31. The third-order valence-electron chi connectivity index (χ3n) is 3.41. The highest BCUT2D eigenvalue weighted by Gasteiger charge is 2.27. The van der Waals surface area contributed by atoms with Gasteiger partial charge in [-0.1, -0.05) is 0 Å². The molecule has 5 heteroatoms. The molecule has 0 aromatic heterocycles. The lowest BCUT2D eigenvalue weighted by molar-refractivity contribution is -0.139. The van der Waals surface area contributed by atoms with Gasteiger partial charge in [0.15, 0.2) is 0 Å². The van der Waals surface area contributed by atoms with Crippen LogP contribution in [0.5, 0.6) is 0 Å². The summed E-state index contributed by atoms with van der Waals surface area (Å²) in [6.45, 7) is 8.02. The van der Waals surface area contributed by atoms with Crippen molar-refractivity contribution in [2.45, 2.75) is 39.7 Å². The lowest BCUT2D eigenvalue weighted by Crippen LogP contribution is -2.48. The second kappa shape index (κ2) is 7.36. The summed E-state index contributed by atoms with van der Waals surface area (Å²) in [6, 6.07) is 0.493. The van der Waals surface area contributed by atoms with Gasteiger partial charge in [0.2, 0.25) is 11.8 Å². The van der Waals surface area contributed by atoms with Gasteiger partial charge in [0.1, 0.15) is 0 Å². The Bertz CT molecular complexity index is 286. The normalized spacial score (nSPS) is 23.5. The van der Waals surface area contributed by atoms with Crippen molar-refractivity contribution in [3.8, 4) is 0 Å². The molecule has 0 aliphatic carbocycles. The Labute approximate surface area is 109 Å². The summed E-state index contributed by atoms with van der Waals surface area (Å²) in [5.41, 5.74) is 0. The summed E-state index contributed by atoms with van der Waals surface area (Å²) in [5.74, 6) is 0.0450. The highest BCUT2D eigenvalue weighted by Crippen LogP contribution is 2.16. The van der Waals surface area contributed by atoms with E-state index < -0.39 is 0 Å². The summed E-state index contributed by atoms with van der Waals surface area (Å²) in [4.78, 5) is 25.5. The first-order valence-electron chi connectivity index (χ1n) is 6.87. The van der Waals surface area contributed by atoms with Gasteiger partial charge in [-0.05, 0) is 33.6 Å². The fourth-order valence-electron chi connectivity index (χ4n) is 2.24. The molecule has 2 amide bonds. The minimum atomic E-state index is -0.0789. The van der Waals surface area contributed by atoms with Crippen molar-refractivity contribution in [2.75, 3.05) is 26.2 Å². The number of amides is 2. The first-order chi connectivity index (χ1) is 8.58. The highest BCUT2D eigenvalue weighted by atomic mass is 16.2. The van der Waals surface area contributed by atoms with E-state index in [1.165, 1.54) is 0 Å². The number of hydrogen-bond donors (Lipinski definition) is 2. The van der Waals surface area contributed by atoms with E-state index in [9.17, 15) is 9.59 Å². The number of carbonyl (C=O) groups is 2. The molecule has 1 aliphatic rings. The summed E-state index contributed by atoms with van der Waals surface area (Å²) < 4.78 is 0. The molecule has 0 radical (unpaired) electrons. The molecular weight excluding hydrogens is 230 g/mol. The fourth-order valence-corrected chi connectivity index (χ4v) is 2.24. The monoisotopic (exact) mass is 255 g/mol. The summed E-state index contributed by atoms with van der Waals surface area (Å²) in [6.07, 6.45) is 1.94. The van der Waals surface area contributed by atoms with Crippen LogP contribution >= 0.6 is 0 Å².